The summed E-state index contributed by atoms with van der Waals surface area (Å²) in [5.74, 6) is -1.26. The molecular weight excluding hydrogens is 855 g/mol. The van der Waals surface area contributed by atoms with E-state index in [1.54, 1.807) is 12.2 Å². The van der Waals surface area contributed by atoms with Gasteiger partial charge in [0.1, 0.15) is 36.3 Å². The minimum Gasteiger partial charge on any atom is -0.790 e. The van der Waals surface area contributed by atoms with Crippen molar-refractivity contribution in [1.82, 2.24) is 30.2 Å². The van der Waals surface area contributed by atoms with Gasteiger partial charge in [0.05, 0.1) is 27.4 Å². The first-order valence-corrected chi connectivity index (χ1v) is 22.7. The molecule has 2 aromatic rings. The molecule has 2 amide bonds. The highest BCUT2D eigenvalue weighted by molar-refractivity contribution is 8.14. The Balaban J connectivity index is 1.45. The third-order valence-electron chi connectivity index (χ3n) is 7.93. The largest absolute Gasteiger partial charge is 0.790 e. The second-order valence-electron chi connectivity index (χ2n) is 13.1. The predicted molar refractivity (Wildman–Crippen MR) is 196 cm³/mol. The maximum Gasteiger partial charge on any atom is 0.274 e. The molecule has 1 saturated heterocycles. The Morgan fingerprint density at radius 2 is 1.79 bits per heavy atom. The van der Waals surface area contributed by atoms with Gasteiger partial charge in [0.15, 0.2) is 17.7 Å². The van der Waals surface area contributed by atoms with E-state index in [1.165, 1.54) is 19.9 Å². The highest BCUT2D eigenvalue weighted by atomic mass is 32.2. The number of aliphatic hydroxyl groups excluding tert-OH is 2. The van der Waals surface area contributed by atoms with Crippen LogP contribution in [0, 0.1) is 5.41 Å². The van der Waals surface area contributed by atoms with Gasteiger partial charge in [0, 0.05) is 30.7 Å². The number of aliphatic hydroxyl groups is 2. The van der Waals surface area contributed by atoms with Gasteiger partial charge in [0.2, 0.25) is 16.9 Å². The SMILES string of the molecule is CCCC/C=C\C=C\C(=O)SCCNC(=O)CCNC(=O)C(O)C(C)(C)COP(=O)([O-])OP(=O)([O-])OCC1OC(n2cnc3c(N)ncnc32)C(O)C1OP(=O)([O-])[O-]. The number of hydrogen-bond acceptors (Lipinski definition) is 22. The Hall–Kier alpha value is -2.96. The van der Waals surface area contributed by atoms with Crippen molar-refractivity contribution in [2.45, 2.75) is 77.1 Å². The number of carbonyl (C=O) groups excluding carboxylic acids is 3. The van der Waals surface area contributed by atoms with Crippen LogP contribution in [-0.2, 0) is 50.7 Å². The van der Waals surface area contributed by atoms with Gasteiger partial charge in [-0.2, -0.15) is 0 Å². The van der Waals surface area contributed by atoms with Crippen LogP contribution in [0.5, 0.6) is 0 Å². The normalized spacial score (nSPS) is 21.6. The zero-order chi connectivity index (χ0) is 43.3. The van der Waals surface area contributed by atoms with Crippen LogP contribution in [0.1, 0.15) is 52.7 Å². The van der Waals surface area contributed by atoms with Crippen molar-refractivity contribution in [3.8, 4) is 0 Å². The van der Waals surface area contributed by atoms with Crippen molar-refractivity contribution in [3.63, 3.8) is 0 Å². The summed E-state index contributed by atoms with van der Waals surface area (Å²) in [5.41, 5.74) is 4.06. The summed E-state index contributed by atoms with van der Waals surface area (Å²) in [7, 11) is -17.6. The molecule has 1 aliphatic heterocycles. The molecule has 3 rings (SSSR count). The van der Waals surface area contributed by atoms with E-state index < -0.39 is 84.6 Å². The average molecular weight is 900 g/mol. The second kappa shape index (κ2) is 22.0. The van der Waals surface area contributed by atoms with Crippen molar-refractivity contribution in [2.24, 2.45) is 5.41 Å². The summed E-state index contributed by atoms with van der Waals surface area (Å²) >= 11 is 1.01. The van der Waals surface area contributed by atoms with Gasteiger partial charge < -0.3 is 69.0 Å². The molecule has 6 N–H and O–H groups in total. The van der Waals surface area contributed by atoms with Gasteiger partial charge in [-0.1, -0.05) is 63.6 Å². The third kappa shape index (κ3) is 15.9. The molecule has 58 heavy (non-hydrogen) atoms. The average Bonchev–Trinajstić information content (AvgIpc) is 3.69. The summed E-state index contributed by atoms with van der Waals surface area (Å²) < 4.78 is 60.5. The molecule has 24 nitrogen and oxygen atoms in total. The summed E-state index contributed by atoms with van der Waals surface area (Å²) in [6.45, 7) is 2.15. The Morgan fingerprint density at radius 3 is 2.48 bits per heavy atom. The number of carbonyl (C=O) groups is 3. The van der Waals surface area contributed by atoms with Gasteiger partial charge in [-0.05, 0) is 12.5 Å². The minimum atomic E-state index is -5.92. The highest BCUT2D eigenvalue weighted by Gasteiger charge is 2.47. The number of unbranched alkanes of at least 4 members (excludes halogenated alkanes) is 2. The third-order valence-corrected chi connectivity index (χ3v) is 11.8. The second-order valence-corrected chi connectivity index (χ2v) is 18.2. The Labute approximate surface area is 336 Å². The number of aromatic nitrogens is 4. The topological polar surface area (TPSA) is 375 Å². The molecule has 0 spiro atoms. The molecule has 326 valence electrons. The minimum absolute atomic E-state index is 0.0220. The van der Waals surface area contributed by atoms with Crippen LogP contribution in [0.4, 0.5) is 5.82 Å². The Morgan fingerprint density at radius 1 is 1.09 bits per heavy atom. The Bertz CT molecular complexity index is 1930. The lowest BCUT2D eigenvalue weighted by Gasteiger charge is -2.36. The predicted octanol–water partition coefficient (Wildman–Crippen LogP) is -1.56. The molecule has 0 saturated carbocycles. The maximum atomic E-state index is 12.5. The number of nitrogens with zero attached hydrogens (tertiary/aromatic N) is 4. The van der Waals surface area contributed by atoms with E-state index in [1.807, 2.05) is 6.08 Å². The number of imidazole rings is 1. The van der Waals surface area contributed by atoms with Crippen LogP contribution >= 0.6 is 35.2 Å². The number of phosphoric ester groups is 3. The summed E-state index contributed by atoms with van der Waals surface area (Å²) in [5, 5.41) is 26.0. The van der Waals surface area contributed by atoms with Crippen molar-refractivity contribution >= 4 is 69.1 Å². The molecule has 7 atom stereocenters. The molecule has 1 aliphatic rings. The fourth-order valence-electron chi connectivity index (χ4n) is 4.94. The first-order chi connectivity index (χ1) is 27.1. The van der Waals surface area contributed by atoms with E-state index in [4.69, 9.17) is 10.5 Å². The summed E-state index contributed by atoms with van der Waals surface area (Å²) in [6.07, 6.45) is 2.27. The fourth-order valence-corrected chi connectivity index (χ4v) is 8.25. The monoisotopic (exact) mass is 899 g/mol. The number of thioether (sulfide) groups is 1. The van der Waals surface area contributed by atoms with E-state index in [0.717, 1.165) is 48.2 Å². The number of amides is 2. The van der Waals surface area contributed by atoms with Gasteiger partial charge >= 0.3 is 0 Å². The smallest absolute Gasteiger partial charge is 0.274 e. The van der Waals surface area contributed by atoms with Gasteiger partial charge in [-0.25, -0.2) is 19.3 Å². The number of hydrogen-bond donors (Lipinski definition) is 5. The molecule has 0 aliphatic carbocycles. The molecule has 28 heteroatoms. The van der Waals surface area contributed by atoms with Gasteiger partial charge in [-0.15, -0.1) is 0 Å². The van der Waals surface area contributed by atoms with Gasteiger partial charge in [-0.3, -0.25) is 28.1 Å². The van der Waals surface area contributed by atoms with Crippen molar-refractivity contribution in [3.05, 3.63) is 37.0 Å². The molecule has 3 heterocycles. The number of nitrogen functional groups attached to an aromatic ring is 1. The van der Waals surface area contributed by atoms with Crippen LogP contribution in [0.2, 0.25) is 0 Å². The molecular formula is C30H44N7O17P3S-4. The first-order valence-electron chi connectivity index (χ1n) is 17.4. The fraction of sp³-hybridized carbons (Fsp3) is 0.600. The number of rotatable bonds is 24. The van der Waals surface area contributed by atoms with Crippen molar-refractivity contribution in [1.29, 1.82) is 0 Å². The van der Waals surface area contributed by atoms with Crippen molar-refractivity contribution in [2.75, 3.05) is 37.8 Å². The lowest BCUT2D eigenvalue weighted by molar-refractivity contribution is -0.347. The molecule has 0 aromatic carbocycles. The number of anilines is 1. The standard InChI is InChI=1S/C30H48N7O17P3S/c1-4-5-6-7-8-9-10-21(39)58-14-13-32-20(38)11-12-33-28(42)25(41)30(2,3)16-51-57(48,49)54-56(46,47)50-15-19-24(53-55(43,44)45)23(40)29(52-19)37-18-36-22-26(31)34-17-35-27(22)37/h7-10,17-19,23-25,29,40-41H,4-6,11-16H2,1-3H3,(H,32,38)(H,33,42)(H,46,47)(H,48,49)(H2,31,34,35)(H2,43,44,45)/p-4/b8-7-,10-9+. The lowest BCUT2D eigenvalue weighted by atomic mass is 9.87. The van der Waals surface area contributed by atoms with Crippen LogP contribution < -0.4 is 35.9 Å². The summed E-state index contributed by atoms with van der Waals surface area (Å²) in [6, 6.07) is 0. The van der Waals surface area contributed by atoms with E-state index in [0.29, 0.717) is 5.75 Å². The van der Waals surface area contributed by atoms with E-state index in [2.05, 4.69) is 50.4 Å². The van der Waals surface area contributed by atoms with E-state index >= 15 is 0 Å². The highest BCUT2D eigenvalue weighted by Crippen LogP contribution is 2.56. The van der Waals surface area contributed by atoms with Gasteiger partial charge in [0.25, 0.3) is 15.6 Å². The lowest BCUT2D eigenvalue weighted by Crippen LogP contribution is -2.46. The number of phosphoric acid groups is 3. The van der Waals surface area contributed by atoms with Crippen LogP contribution in [0.3, 0.4) is 0 Å². The zero-order valence-electron chi connectivity index (χ0n) is 31.3. The number of ether oxygens (including phenoxy) is 1. The zero-order valence-corrected chi connectivity index (χ0v) is 34.8. The molecule has 2 aromatic heterocycles. The number of allylic oxidation sites excluding steroid dienone is 3. The van der Waals surface area contributed by atoms with E-state index in [-0.39, 0.29) is 41.6 Å². The van der Waals surface area contributed by atoms with Crippen molar-refractivity contribution < 1.29 is 80.5 Å². The van der Waals surface area contributed by atoms with Crippen LogP contribution in [0.15, 0.2) is 37.0 Å². The number of nitrogens with one attached hydrogen (secondary N) is 2. The Kier molecular flexibility index (Phi) is 18.8. The summed E-state index contributed by atoms with van der Waals surface area (Å²) in [4.78, 5) is 96.0. The quantitative estimate of drug-likeness (QED) is 0.0344. The molecule has 0 bridgehead atoms. The van der Waals surface area contributed by atoms with Crippen LogP contribution in [-0.4, -0.2) is 103 Å². The number of fused-ring (bicyclic) bond motifs is 1. The molecule has 1 fully saturated rings. The van der Waals surface area contributed by atoms with E-state index in [9.17, 15) is 57.9 Å². The molecule has 7 unspecified atom stereocenters. The first kappa shape index (κ1) is 49.4. The maximum absolute atomic E-state index is 12.5. The molecule has 0 radical (unpaired) electrons. The van der Waals surface area contributed by atoms with Crippen LogP contribution in [0.25, 0.3) is 11.2 Å². The number of nitrogens with two attached hydrogens (primary N) is 1.